The van der Waals surface area contributed by atoms with Crippen LogP contribution < -0.4 is 10.5 Å². The zero-order valence-corrected chi connectivity index (χ0v) is 12.7. The third kappa shape index (κ3) is 3.60. The van der Waals surface area contributed by atoms with Crippen molar-refractivity contribution in [2.24, 2.45) is 5.73 Å². The monoisotopic (exact) mass is 309 g/mol. The maximum Gasteiger partial charge on any atom is 0.119 e. The Morgan fingerprint density at radius 3 is 2.70 bits per heavy atom. The highest BCUT2D eigenvalue weighted by atomic mass is 35.5. The molecule has 2 aromatic carbocycles. The Morgan fingerprint density at radius 2 is 2.00 bits per heavy atom. The summed E-state index contributed by atoms with van der Waals surface area (Å²) >= 11 is 6.04. The van der Waals surface area contributed by atoms with Crippen molar-refractivity contribution in [3.05, 3.63) is 59.1 Å². The van der Waals surface area contributed by atoms with Crippen molar-refractivity contribution >= 4 is 22.4 Å². The quantitative estimate of drug-likeness (QED) is 0.923. The molecule has 0 aliphatic heterocycles. The Hall–Kier alpha value is -1.36. The van der Waals surface area contributed by atoms with Gasteiger partial charge >= 0.3 is 0 Å². The highest BCUT2D eigenvalue weighted by molar-refractivity contribution is 7.85. The van der Waals surface area contributed by atoms with Gasteiger partial charge < -0.3 is 10.5 Å². The minimum Gasteiger partial charge on any atom is -0.497 e. The Balaban J connectivity index is 2.13. The van der Waals surface area contributed by atoms with Gasteiger partial charge in [0.15, 0.2) is 0 Å². The van der Waals surface area contributed by atoms with Gasteiger partial charge in [-0.05, 0) is 29.8 Å². The zero-order chi connectivity index (χ0) is 14.5. The highest BCUT2D eigenvalue weighted by Crippen LogP contribution is 2.23. The van der Waals surface area contributed by atoms with E-state index in [4.69, 9.17) is 22.1 Å². The van der Waals surface area contributed by atoms with E-state index in [2.05, 4.69) is 0 Å². The smallest absolute Gasteiger partial charge is 0.119 e. The molecule has 2 N–H and O–H groups in total. The van der Waals surface area contributed by atoms with Crippen LogP contribution in [0, 0.1) is 0 Å². The van der Waals surface area contributed by atoms with Gasteiger partial charge in [-0.15, -0.1) is 0 Å². The second kappa shape index (κ2) is 6.88. The Labute approximate surface area is 126 Å². The summed E-state index contributed by atoms with van der Waals surface area (Å²) in [6.07, 6.45) is 0. The van der Waals surface area contributed by atoms with E-state index < -0.39 is 10.8 Å². The molecule has 0 saturated heterocycles. The molecule has 0 bridgehead atoms. The van der Waals surface area contributed by atoms with Crippen molar-refractivity contribution < 1.29 is 8.95 Å². The largest absolute Gasteiger partial charge is 0.497 e. The predicted molar refractivity (Wildman–Crippen MR) is 82.6 cm³/mol. The molecule has 0 fully saturated rings. The van der Waals surface area contributed by atoms with Crippen LogP contribution in [0.3, 0.4) is 0 Å². The normalized spacial score (nSPS) is 13.8. The molecule has 0 aliphatic carbocycles. The van der Waals surface area contributed by atoms with Crippen LogP contribution in [-0.2, 0) is 10.8 Å². The highest BCUT2D eigenvalue weighted by Gasteiger charge is 2.14. The van der Waals surface area contributed by atoms with Gasteiger partial charge in [-0.2, -0.15) is 0 Å². The van der Waals surface area contributed by atoms with Gasteiger partial charge in [0.25, 0.3) is 0 Å². The molecule has 0 saturated carbocycles. The first-order chi connectivity index (χ1) is 9.61. The molecule has 2 atom stereocenters. The molecule has 2 unspecified atom stereocenters. The van der Waals surface area contributed by atoms with Crippen LogP contribution in [0.4, 0.5) is 0 Å². The van der Waals surface area contributed by atoms with Gasteiger partial charge in [0.2, 0.25) is 0 Å². The van der Waals surface area contributed by atoms with Crippen molar-refractivity contribution in [1.82, 2.24) is 0 Å². The maximum atomic E-state index is 12.3. The number of hydrogen-bond acceptors (Lipinski definition) is 3. The maximum absolute atomic E-state index is 12.3. The lowest BCUT2D eigenvalue weighted by Crippen LogP contribution is -2.18. The molecule has 0 amide bonds. The SMILES string of the molecule is COc1cccc(C(N)CS(=O)c2ccccc2Cl)c1. The third-order valence-electron chi connectivity index (χ3n) is 2.93. The fourth-order valence-corrected chi connectivity index (χ4v) is 3.46. The predicted octanol–water partition coefficient (Wildman–Crippen LogP) is 3.16. The average molecular weight is 310 g/mol. The average Bonchev–Trinajstić information content (AvgIpc) is 2.47. The summed E-state index contributed by atoms with van der Waals surface area (Å²) in [5, 5.41) is 0.503. The van der Waals surface area contributed by atoms with Crippen LogP contribution in [-0.4, -0.2) is 17.1 Å². The summed E-state index contributed by atoms with van der Waals surface area (Å²) in [5.41, 5.74) is 7.01. The molecule has 0 spiro atoms. The lowest BCUT2D eigenvalue weighted by atomic mass is 10.1. The van der Waals surface area contributed by atoms with Crippen LogP contribution >= 0.6 is 11.6 Å². The van der Waals surface area contributed by atoms with Gasteiger partial charge in [0, 0.05) is 11.8 Å². The summed E-state index contributed by atoms with van der Waals surface area (Å²) in [6.45, 7) is 0. The summed E-state index contributed by atoms with van der Waals surface area (Å²) < 4.78 is 17.5. The van der Waals surface area contributed by atoms with E-state index in [9.17, 15) is 4.21 Å². The first-order valence-electron chi connectivity index (χ1n) is 6.14. The molecule has 0 aromatic heterocycles. The molecule has 2 aromatic rings. The number of hydrogen-bond donors (Lipinski definition) is 1. The lowest BCUT2D eigenvalue weighted by Gasteiger charge is -2.13. The van der Waals surface area contributed by atoms with Crippen LogP contribution in [0.1, 0.15) is 11.6 Å². The Bertz CT molecular complexity index is 618. The van der Waals surface area contributed by atoms with E-state index >= 15 is 0 Å². The molecule has 0 heterocycles. The molecule has 106 valence electrons. The molecule has 20 heavy (non-hydrogen) atoms. The summed E-state index contributed by atoms with van der Waals surface area (Å²) in [4.78, 5) is 0.618. The Kier molecular flexibility index (Phi) is 5.17. The van der Waals surface area contributed by atoms with Crippen LogP contribution in [0.2, 0.25) is 5.02 Å². The van der Waals surface area contributed by atoms with E-state index in [0.717, 1.165) is 11.3 Å². The second-order valence-corrected chi connectivity index (χ2v) is 6.20. The van der Waals surface area contributed by atoms with Gasteiger partial charge in [0.1, 0.15) is 5.75 Å². The van der Waals surface area contributed by atoms with Gasteiger partial charge in [0.05, 0.1) is 27.8 Å². The molecule has 2 rings (SSSR count). The lowest BCUT2D eigenvalue weighted by molar-refractivity contribution is 0.414. The van der Waals surface area contributed by atoms with Crippen molar-refractivity contribution in [2.45, 2.75) is 10.9 Å². The molecular weight excluding hydrogens is 294 g/mol. The first kappa shape index (κ1) is 15.0. The van der Waals surface area contributed by atoms with Crippen molar-refractivity contribution in [2.75, 3.05) is 12.9 Å². The van der Waals surface area contributed by atoms with E-state index in [-0.39, 0.29) is 6.04 Å². The number of benzene rings is 2. The van der Waals surface area contributed by atoms with Crippen molar-refractivity contribution in [1.29, 1.82) is 0 Å². The van der Waals surface area contributed by atoms with Crippen LogP contribution in [0.5, 0.6) is 5.75 Å². The molecule has 0 radical (unpaired) electrons. The van der Waals surface area contributed by atoms with Crippen molar-refractivity contribution in [3.63, 3.8) is 0 Å². The summed E-state index contributed by atoms with van der Waals surface area (Å²) in [7, 11) is 0.372. The van der Waals surface area contributed by atoms with E-state index in [1.54, 1.807) is 19.2 Å². The number of nitrogens with two attached hydrogens (primary N) is 1. The first-order valence-corrected chi connectivity index (χ1v) is 7.84. The number of ether oxygens (including phenoxy) is 1. The van der Waals surface area contributed by atoms with Gasteiger partial charge in [-0.3, -0.25) is 4.21 Å². The van der Waals surface area contributed by atoms with E-state index in [1.807, 2.05) is 36.4 Å². The standard InChI is InChI=1S/C15H16ClNO2S/c1-19-12-6-4-5-11(9-12)14(17)10-20(18)15-8-3-2-7-13(15)16/h2-9,14H,10,17H2,1H3. The molecule has 3 nitrogen and oxygen atoms in total. The molecule has 0 aliphatic rings. The fraction of sp³-hybridized carbons (Fsp3) is 0.200. The van der Waals surface area contributed by atoms with Crippen LogP contribution in [0.15, 0.2) is 53.4 Å². The number of rotatable bonds is 5. The summed E-state index contributed by atoms with van der Waals surface area (Å²) in [5.74, 6) is 1.05. The van der Waals surface area contributed by atoms with Crippen molar-refractivity contribution in [3.8, 4) is 5.75 Å². The van der Waals surface area contributed by atoms with E-state index in [1.165, 1.54) is 0 Å². The van der Waals surface area contributed by atoms with E-state index in [0.29, 0.717) is 15.7 Å². The minimum atomic E-state index is -1.23. The minimum absolute atomic E-state index is 0.316. The fourth-order valence-electron chi connectivity index (χ4n) is 1.85. The number of methoxy groups -OCH3 is 1. The number of halogens is 1. The second-order valence-electron chi connectivity index (χ2n) is 4.33. The third-order valence-corrected chi connectivity index (χ3v) is 4.88. The molecule has 5 heteroatoms. The topological polar surface area (TPSA) is 52.3 Å². The van der Waals surface area contributed by atoms with Gasteiger partial charge in [-0.1, -0.05) is 35.9 Å². The summed E-state index contributed by atoms with van der Waals surface area (Å²) in [6, 6.07) is 14.3. The zero-order valence-electron chi connectivity index (χ0n) is 11.1. The molecular formula is C15H16ClNO2S. The Morgan fingerprint density at radius 1 is 1.25 bits per heavy atom. The van der Waals surface area contributed by atoms with Crippen LogP contribution in [0.25, 0.3) is 0 Å². The van der Waals surface area contributed by atoms with Gasteiger partial charge in [-0.25, -0.2) is 0 Å².